The van der Waals surface area contributed by atoms with Crippen molar-refractivity contribution in [1.82, 2.24) is 9.97 Å². The molecule has 0 spiro atoms. The minimum Gasteiger partial charge on any atom is -0.435 e. The summed E-state index contributed by atoms with van der Waals surface area (Å²) in [5.74, 6) is 0.384. The van der Waals surface area contributed by atoms with Crippen molar-refractivity contribution < 1.29 is 17.9 Å². The largest absolute Gasteiger partial charge is 0.435 e. The number of nitrogens with zero attached hydrogens (tertiary/aromatic N) is 2. The number of rotatable bonds is 6. The second-order valence-corrected chi connectivity index (χ2v) is 7.32. The molecule has 1 aliphatic rings. The maximum Gasteiger partial charge on any atom is 0.387 e. The Morgan fingerprint density at radius 3 is 2.74 bits per heavy atom. The van der Waals surface area contributed by atoms with E-state index in [0.717, 1.165) is 37.2 Å². The second-order valence-electron chi connectivity index (χ2n) is 6.36. The zero-order valence-electron chi connectivity index (χ0n) is 14.4. The molecule has 0 bridgehead atoms. The standard InChI is InChI=1S/C19H18F3N3OS/c20-13-3-6-17(25-7-1-2-8-25)12(9-13)11-27-19-23-15-5-4-14(26-18(21)22)10-16(15)24-19/h3-6,9-10,18H,1-2,7-8,11H2,(H,23,24). The van der Waals surface area contributed by atoms with Crippen LogP contribution < -0.4 is 9.64 Å². The van der Waals surface area contributed by atoms with E-state index in [1.54, 1.807) is 12.1 Å². The van der Waals surface area contributed by atoms with Crippen LogP contribution in [0.25, 0.3) is 11.0 Å². The predicted octanol–water partition coefficient (Wildman–Crippen LogP) is 5.20. The summed E-state index contributed by atoms with van der Waals surface area (Å²) < 4.78 is 42.9. The molecule has 1 fully saturated rings. The number of imidazole rings is 1. The number of benzene rings is 2. The van der Waals surface area contributed by atoms with Gasteiger partial charge in [0.05, 0.1) is 11.0 Å². The number of hydrogen-bond donors (Lipinski definition) is 1. The van der Waals surface area contributed by atoms with E-state index < -0.39 is 6.61 Å². The lowest BCUT2D eigenvalue weighted by Gasteiger charge is -2.21. The first-order valence-corrected chi connectivity index (χ1v) is 9.68. The lowest BCUT2D eigenvalue weighted by molar-refractivity contribution is -0.0497. The van der Waals surface area contributed by atoms with Gasteiger partial charge in [0, 0.05) is 30.6 Å². The average Bonchev–Trinajstić information content (AvgIpc) is 3.28. The van der Waals surface area contributed by atoms with Crippen LogP contribution in [0.2, 0.25) is 0 Å². The Hall–Kier alpha value is -2.35. The summed E-state index contributed by atoms with van der Waals surface area (Å²) in [6, 6.07) is 9.48. The fraction of sp³-hybridized carbons (Fsp3) is 0.316. The molecular weight excluding hydrogens is 375 g/mol. The van der Waals surface area contributed by atoms with Gasteiger partial charge in [0.25, 0.3) is 0 Å². The molecule has 4 rings (SSSR count). The van der Waals surface area contributed by atoms with Crippen molar-refractivity contribution in [2.75, 3.05) is 18.0 Å². The number of alkyl halides is 2. The van der Waals surface area contributed by atoms with Crippen molar-refractivity contribution >= 4 is 28.5 Å². The van der Waals surface area contributed by atoms with Crippen LogP contribution >= 0.6 is 11.8 Å². The van der Waals surface area contributed by atoms with Crippen LogP contribution in [0.15, 0.2) is 41.6 Å². The Balaban J connectivity index is 1.52. The van der Waals surface area contributed by atoms with Gasteiger partial charge >= 0.3 is 6.61 Å². The number of fused-ring (bicyclic) bond motifs is 1. The minimum atomic E-state index is -2.86. The molecule has 2 heterocycles. The molecule has 1 aromatic heterocycles. The molecule has 0 aliphatic carbocycles. The van der Waals surface area contributed by atoms with Gasteiger partial charge in [0.15, 0.2) is 5.16 Å². The molecule has 0 atom stereocenters. The maximum absolute atomic E-state index is 13.7. The molecular formula is C19H18F3N3OS. The average molecular weight is 393 g/mol. The van der Waals surface area contributed by atoms with E-state index in [1.165, 1.54) is 30.0 Å². The normalized spacial score (nSPS) is 14.4. The quantitative estimate of drug-likeness (QED) is 0.585. The van der Waals surface area contributed by atoms with Crippen molar-refractivity contribution in [1.29, 1.82) is 0 Å². The summed E-state index contributed by atoms with van der Waals surface area (Å²) in [5.41, 5.74) is 3.27. The fourth-order valence-corrected chi connectivity index (χ4v) is 4.16. The van der Waals surface area contributed by atoms with Crippen molar-refractivity contribution in [3.05, 3.63) is 47.8 Å². The molecule has 1 aliphatic heterocycles. The highest BCUT2D eigenvalue weighted by Gasteiger charge is 2.17. The Labute approximate surface area is 158 Å². The monoisotopic (exact) mass is 393 g/mol. The Kier molecular flexibility index (Phi) is 5.15. The number of halogens is 3. The molecule has 0 amide bonds. The summed E-state index contributed by atoms with van der Waals surface area (Å²) in [4.78, 5) is 9.84. The molecule has 0 saturated carbocycles. The number of H-pyrrole nitrogens is 1. The number of hydrogen-bond acceptors (Lipinski definition) is 4. The molecule has 1 N–H and O–H groups in total. The van der Waals surface area contributed by atoms with E-state index in [2.05, 4.69) is 19.6 Å². The molecule has 1 saturated heterocycles. The topological polar surface area (TPSA) is 41.2 Å². The van der Waals surface area contributed by atoms with Gasteiger partial charge in [-0.1, -0.05) is 11.8 Å². The maximum atomic E-state index is 13.7. The van der Waals surface area contributed by atoms with E-state index in [9.17, 15) is 13.2 Å². The third-order valence-corrected chi connectivity index (χ3v) is 5.43. The van der Waals surface area contributed by atoms with Crippen LogP contribution in [-0.4, -0.2) is 29.7 Å². The van der Waals surface area contributed by atoms with Crippen LogP contribution in [0.5, 0.6) is 5.75 Å². The van der Waals surface area contributed by atoms with Crippen LogP contribution in [0.3, 0.4) is 0 Å². The van der Waals surface area contributed by atoms with Gasteiger partial charge in [-0.25, -0.2) is 9.37 Å². The van der Waals surface area contributed by atoms with Gasteiger partial charge in [0.2, 0.25) is 0 Å². The minimum absolute atomic E-state index is 0.0825. The Morgan fingerprint density at radius 1 is 1.15 bits per heavy atom. The highest BCUT2D eigenvalue weighted by atomic mass is 32.2. The molecule has 2 aromatic carbocycles. The third kappa shape index (κ3) is 4.16. The number of aromatic amines is 1. The molecule has 0 radical (unpaired) electrons. The fourth-order valence-electron chi connectivity index (χ4n) is 3.29. The summed E-state index contributed by atoms with van der Waals surface area (Å²) >= 11 is 1.45. The zero-order chi connectivity index (χ0) is 18.8. The predicted molar refractivity (Wildman–Crippen MR) is 100 cm³/mol. The summed E-state index contributed by atoms with van der Waals surface area (Å²) in [6.45, 7) is -0.891. The van der Waals surface area contributed by atoms with E-state index in [4.69, 9.17) is 0 Å². The number of ether oxygens (including phenoxy) is 1. The molecule has 27 heavy (non-hydrogen) atoms. The van der Waals surface area contributed by atoms with Crippen molar-refractivity contribution in [2.45, 2.75) is 30.4 Å². The summed E-state index contributed by atoms with van der Waals surface area (Å²) in [7, 11) is 0. The van der Waals surface area contributed by atoms with Crippen LogP contribution in [0, 0.1) is 5.82 Å². The van der Waals surface area contributed by atoms with E-state index in [1.807, 2.05) is 6.07 Å². The smallest absolute Gasteiger partial charge is 0.387 e. The van der Waals surface area contributed by atoms with Crippen LogP contribution in [-0.2, 0) is 5.75 Å². The molecule has 142 valence electrons. The van der Waals surface area contributed by atoms with E-state index >= 15 is 0 Å². The lowest BCUT2D eigenvalue weighted by Crippen LogP contribution is -2.19. The third-order valence-electron chi connectivity index (χ3n) is 4.51. The Morgan fingerprint density at radius 2 is 1.96 bits per heavy atom. The van der Waals surface area contributed by atoms with Gasteiger partial charge in [-0.05, 0) is 48.7 Å². The second kappa shape index (κ2) is 7.72. The van der Waals surface area contributed by atoms with Gasteiger partial charge in [-0.2, -0.15) is 8.78 Å². The first-order chi connectivity index (χ1) is 13.1. The SMILES string of the molecule is Fc1ccc(N2CCCC2)c(CSc2nc3ccc(OC(F)F)cc3[nH]2)c1. The molecule has 3 aromatic rings. The number of aromatic nitrogens is 2. The Bertz CT molecular complexity index is 941. The first kappa shape index (κ1) is 18.0. The van der Waals surface area contributed by atoms with Gasteiger partial charge < -0.3 is 14.6 Å². The van der Waals surface area contributed by atoms with Crippen molar-refractivity contribution in [2.24, 2.45) is 0 Å². The number of anilines is 1. The number of nitrogens with one attached hydrogen (secondary N) is 1. The van der Waals surface area contributed by atoms with Crippen molar-refractivity contribution in [3.63, 3.8) is 0 Å². The molecule has 0 unspecified atom stereocenters. The van der Waals surface area contributed by atoms with E-state index in [-0.39, 0.29) is 11.6 Å². The first-order valence-electron chi connectivity index (χ1n) is 8.69. The molecule has 4 nitrogen and oxygen atoms in total. The van der Waals surface area contributed by atoms with Gasteiger partial charge in [-0.15, -0.1) is 0 Å². The number of thioether (sulfide) groups is 1. The van der Waals surface area contributed by atoms with Gasteiger partial charge in [-0.3, -0.25) is 0 Å². The lowest BCUT2D eigenvalue weighted by atomic mass is 10.2. The zero-order valence-corrected chi connectivity index (χ0v) is 15.2. The summed E-state index contributed by atoms with van der Waals surface area (Å²) in [6.07, 6.45) is 2.30. The van der Waals surface area contributed by atoms with E-state index in [0.29, 0.717) is 21.9 Å². The van der Waals surface area contributed by atoms with Gasteiger partial charge in [0.1, 0.15) is 11.6 Å². The highest BCUT2D eigenvalue weighted by molar-refractivity contribution is 7.98. The van der Waals surface area contributed by atoms with Crippen LogP contribution in [0.1, 0.15) is 18.4 Å². The molecule has 8 heteroatoms. The highest BCUT2D eigenvalue weighted by Crippen LogP contribution is 2.31. The van der Waals surface area contributed by atoms with Crippen molar-refractivity contribution in [3.8, 4) is 5.75 Å². The summed E-state index contributed by atoms with van der Waals surface area (Å²) in [5, 5.41) is 0.649. The van der Waals surface area contributed by atoms with Crippen LogP contribution in [0.4, 0.5) is 18.9 Å².